The lowest BCUT2D eigenvalue weighted by Gasteiger charge is -2.11. The Balaban J connectivity index is 1.99. The topological polar surface area (TPSA) is 37.3 Å². The lowest BCUT2D eigenvalue weighted by molar-refractivity contribution is -0.137. The first-order valence-electron chi connectivity index (χ1n) is 6.61. The summed E-state index contributed by atoms with van der Waals surface area (Å²) in [6, 6.07) is 18.6. The molecule has 0 radical (unpaired) electrons. The molecule has 2 aromatic carbocycles. The molecule has 0 bridgehead atoms. The fourth-order valence-corrected chi connectivity index (χ4v) is 3.14. The summed E-state index contributed by atoms with van der Waals surface area (Å²) < 4.78 is 0. The number of benzene rings is 2. The second-order valence-corrected chi connectivity index (χ2v) is 5.12. The van der Waals surface area contributed by atoms with E-state index in [4.69, 9.17) is 5.11 Å². The van der Waals surface area contributed by atoms with Gasteiger partial charge in [0.15, 0.2) is 0 Å². The van der Waals surface area contributed by atoms with E-state index in [9.17, 15) is 4.79 Å². The fraction of sp³-hybridized carbons (Fsp3) is 0.235. The molecule has 1 aliphatic carbocycles. The number of fused-ring (bicyclic) bond motifs is 1. The Bertz CT molecular complexity index is 589. The van der Waals surface area contributed by atoms with Crippen LogP contribution in [0.2, 0.25) is 0 Å². The Morgan fingerprint density at radius 2 is 1.63 bits per heavy atom. The van der Waals surface area contributed by atoms with Crippen molar-refractivity contribution in [3.05, 3.63) is 71.3 Å². The quantitative estimate of drug-likeness (QED) is 0.902. The van der Waals surface area contributed by atoms with Crippen LogP contribution in [0, 0.1) is 0 Å². The molecule has 0 saturated carbocycles. The van der Waals surface area contributed by atoms with E-state index in [-0.39, 0.29) is 12.3 Å². The van der Waals surface area contributed by atoms with Crippen molar-refractivity contribution in [3.63, 3.8) is 0 Å². The smallest absolute Gasteiger partial charge is 0.303 e. The standard InChI is InChI=1S/C17H16O2/c18-17(19)11-13-10-16(12-6-2-1-3-7-12)15-9-5-4-8-14(13)15/h1-9,13,16H,10-11H2,(H,18,19)/t13-,16+/m1/s1. The first-order valence-corrected chi connectivity index (χ1v) is 6.61. The third-order valence-electron chi connectivity index (χ3n) is 3.95. The second kappa shape index (κ2) is 4.88. The molecule has 2 atom stereocenters. The Morgan fingerprint density at radius 1 is 1.00 bits per heavy atom. The van der Waals surface area contributed by atoms with Crippen LogP contribution in [0.3, 0.4) is 0 Å². The predicted molar refractivity (Wildman–Crippen MR) is 74.3 cm³/mol. The highest BCUT2D eigenvalue weighted by Crippen LogP contribution is 2.46. The van der Waals surface area contributed by atoms with Crippen molar-refractivity contribution in [1.29, 1.82) is 0 Å². The van der Waals surface area contributed by atoms with Crippen molar-refractivity contribution < 1.29 is 9.90 Å². The minimum atomic E-state index is -0.714. The third kappa shape index (κ3) is 2.26. The first kappa shape index (κ1) is 12.0. The van der Waals surface area contributed by atoms with E-state index in [2.05, 4.69) is 24.3 Å². The molecule has 2 aromatic rings. The zero-order chi connectivity index (χ0) is 13.2. The maximum atomic E-state index is 11.0. The zero-order valence-electron chi connectivity index (χ0n) is 10.6. The molecule has 0 saturated heterocycles. The van der Waals surface area contributed by atoms with Gasteiger partial charge in [-0.3, -0.25) is 4.79 Å². The molecule has 96 valence electrons. The Morgan fingerprint density at radius 3 is 2.32 bits per heavy atom. The minimum absolute atomic E-state index is 0.138. The van der Waals surface area contributed by atoms with Crippen LogP contribution >= 0.6 is 0 Å². The number of carboxylic acids is 1. The van der Waals surface area contributed by atoms with Crippen molar-refractivity contribution in [2.45, 2.75) is 24.7 Å². The summed E-state index contributed by atoms with van der Waals surface area (Å²) >= 11 is 0. The largest absolute Gasteiger partial charge is 0.481 e. The summed E-state index contributed by atoms with van der Waals surface area (Å²) in [4.78, 5) is 11.0. The number of aliphatic carboxylic acids is 1. The molecule has 1 aliphatic rings. The monoisotopic (exact) mass is 252 g/mol. The van der Waals surface area contributed by atoms with Crippen LogP contribution in [-0.4, -0.2) is 11.1 Å². The Labute approximate surface area is 112 Å². The molecule has 1 N–H and O–H groups in total. The van der Waals surface area contributed by atoms with Gasteiger partial charge in [0.1, 0.15) is 0 Å². The van der Waals surface area contributed by atoms with E-state index in [1.807, 2.05) is 30.3 Å². The summed E-state index contributed by atoms with van der Waals surface area (Å²) in [5.74, 6) is -0.242. The molecule has 0 spiro atoms. The molecule has 0 aromatic heterocycles. The number of hydrogen-bond donors (Lipinski definition) is 1. The summed E-state index contributed by atoms with van der Waals surface area (Å²) in [6.45, 7) is 0. The maximum absolute atomic E-state index is 11.0. The van der Waals surface area contributed by atoms with Gasteiger partial charge >= 0.3 is 5.97 Å². The molecule has 0 amide bonds. The van der Waals surface area contributed by atoms with Gasteiger partial charge in [0, 0.05) is 5.92 Å². The number of hydrogen-bond acceptors (Lipinski definition) is 1. The molecular formula is C17H16O2. The highest BCUT2D eigenvalue weighted by atomic mass is 16.4. The summed E-state index contributed by atoms with van der Waals surface area (Å²) in [5.41, 5.74) is 3.78. The first-order chi connectivity index (χ1) is 9.25. The Kier molecular flexibility index (Phi) is 3.08. The summed E-state index contributed by atoms with van der Waals surface area (Å²) in [6.07, 6.45) is 1.12. The van der Waals surface area contributed by atoms with E-state index in [1.165, 1.54) is 16.7 Å². The van der Waals surface area contributed by atoms with Gasteiger partial charge in [0.25, 0.3) is 0 Å². The summed E-state index contributed by atoms with van der Waals surface area (Å²) in [7, 11) is 0. The molecule has 19 heavy (non-hydrogen) atoms. The minimum Gasteiger partial charge on any atom is -0.481 e. The van der Waals surface area contributed by atoms with E-state index in [0.717, 1.165) is 6.42 Å². The number of rotatable bonds is 3. The van der Waals surface area contributed by atoms with E-state index >= 15 is 0 Å². The van der Waals surface area contributed by atoms with Crippen LogP contribution in [0.15, 0.2) is 54.6 Å². The zero-order valence-corrected chi connectivity index (χ0v) is 10.6. The van der Waals surface area contributed by atoms with Gasteiger partial charge in [-0.1, -0.05) is 54.6 Å². The molecule has 0 aliphatic heterocycles. The summed E-state index contributed by atoms with van der Waals surface area (Å²) in [5, 5.41) is 9.06. The van der Waals surface area contributed by atoms with Gasteiger partial charge in [-0.15, -0.1) is 0 Å². The van der Waals surface area contributed by atoms with Gasteiger partial charge in [-0.2, -0.15) is 0 Å². The average Bonchev–Trinajstić information content (AvgIpc) is 2.78. The highest BCUT2D eigenvalue weighted by molar-refractivity contribution is 5.68. The SMILES string of the molecule is O=C(O)C[C@H]1C[C@@H](c2ccccc2)c2ccccc21. The number of carboxylic acid groups (broad SMARTS) is 1. The van der Waals surface area contributed by atoms with Gasteiger partial charge in [-0.05, 0) is 29.0 Å². The molecule has 2 nitrogen and oxygen atoms in total. The van der Waals surface area contributed by atoms with Crippen LogP contribution in [0.25, 0.3) is 0 Å². The van der Waals surface area contributed by atoms with Crippen molar-refractivity contribution >= 4 is 5.97 Å². The van der Waals surface area contributed by atoms with Crippen LogP contribution in [0.5, 0.6) is 0 Å². The second-order valence-electron chi connectivity index (χ2n) is 5.12. The predicted octanol–water partition coefficient (Wildman–Crippen LogP) is 3.78. The van der Waals surface area contributed by atoms with Crippen LogP contribution < -0.4 is 0 Å². The normalized spacial score (nSPS) is 21.1. The van der Waals surface area contributed by atoms with E-state index in [1.54, 1.807) is 0 Å². The van der Waals surface area contributed by atoms with Gasteiger partial charge in [0.05, 0.1) is 6.42 Å². The van der Waals surface area contributed by atoms with Gasteiger partial charge in [0.2, 0.25) is 0 Å². The number of carbonyl (C=O) groups is 1. The van der Waals surface area contributed by atoms with Crippen LogP contribution in [-0.2, 0) is 4.79 Å². The van der Waals surface area contributed by atoms with Crippen molar-refractivity contribution in [2.24, 2.45) is 0 Å². The molecule has 0 unspecified atom stereocenters. The van der Waals surface area contributed by atoms with Crippen molar-refractivity contribution in [3.8, 4) is 0 Å². The lowest BCUT2D eigenvalue weighted by atomic mass is 9.92. The van der Waals surface area contributed by atoms with Gasteiger partial charge in [-0.25, -0.2) is 0 Å². The molecule has 0 fully saturated rings. The maximum Gasteiger partial charge on any atom is 0.303 e. The molecular weight excluding hydrogens is 236 g/mol. The van der Waals surface area contributed by atoms with Crippen LogP contribution in [0.4, 0.5) is 0 Å². The van der Waals surface area contributed by atoms with E-state index < -0.39 is 5.97 Å². The molecule has 0 heterocycles. The molecule has 3 rings (SSSR count). The third-order valence-corrected chi connectivity index (χ3v) is 3.95. The van der Waals surface area contributed by atoms with Gasteiger partial charge < -0.3 is 5.11 Å². The fourth-order valence-electron chi connectivity index (χ4n) is 3.14. The lowest BCUT2D eigenvalue weighted by Crippen LogP contribution is -2.03. The van der Waals surface area contributed by atoms with Crippen LogP contribution in [0.1, 0.15) is 41.4 Å². The highest BCUT2D eigenvalue weighted by Gasteiger charge is 2.32. The molecule has 2 heteroatoms. The Hall–Kier alpha value is -2.09. The van der Waals surface area contributed by atoms with E-state index in [0.29, 0.717) is 5.92 Å². The van der Waals surface area contributed by atoms with Crippen molar-refractivity contribution in [2.75, 3.05) is 0 Å². The average molecular weight is 252 g/mol. The van der Waals surface area contributed by atoms with Crippen molar-refractivity contribution in [1.82, 2.24) is 0 Å².